The van der Waals surface area contributed by atoms with E-state index in [1.165, 1.54) is 11.3 Å². The van der Waals surface area contributed by atoms with Crippen molar-refractivity contribution in [1.82, 2.24) is 15.2 Å². The number of pyridine rings is 1. The Morgan fingerprint density at radius 2 is 1.86 bits per heavy atom. The van der Waals surface area contributed by atoms with E-state index in [0.717, 1.165) is 10.6 Å². The van der Waals surface area contributed by atoms with Crippen LogP contribution in [0.5, 0.6) is 0 Å². The summed E-state index contributed by atoms with van der Waals surface area (Å²) in [4.78, 5) is 18.1. The number of hydrogen-bond donors (Lipinski definition) is 0. The minimum atomic E-state index is -0.0583. The average molecular weight is 304 g/mol. The van der Waals surface area contributed by atoms with Gasteiger partial charge < -0.3 is 0 Å². The van der Waals surface area contributed by atoms with Gasteiger partial charge in [-0.1, -0.05) is 39.0 Å². The van der Waals surface area contributed by atoms with Gasteiger partial charge in [-0.2, -0.15) is 0 Å². The molecule has 1 amide bonds. The van der Waals surface area contributed by atoms with Gasteiger partial charge in [-0.25, -0.2) is 0 Å². The van der Waals surface area contributed by atoms with Crippen molar-refractivity contribution in [3.05, 3.63) is 24.5 Å². The highest BCUT2D eigenvalue weighted by Gasteiger charge is 2.23. The second-order valence-corrected chi connectivity index (χ2v) is 6.58. The van der Waals surface area contributed by atoms with Crippen LogP contribution in [0.15, 0.2) is 24.5 Å². The highest BCUT2D eigenvalue weighted by molar-refractivity contribution is 7.18. The Labute approximate surface area is 129 Å². The van der Waals surface area contributed by atoms with E-state index in [9.17, 15) is 4.79 Å². The highest BCUT2D eigenvalue weighted by atomic mass is 32.1. The van der Waals surface area contributed by atoms with E-state index in [1.807, 2.05) is 26.0 Å². The molecule has 2 rings (SSSR count). The number of hydrogen-bond acceptors (Lipinski definition) is 5. The van der Waals surface area contributed by atoms with Crippen LogP contribution in [-0.4, -0.2) is 27.6 Å². The molecule has 2 aromatic heterocycles. The van der Waals surface area contributed by atoms with Crippen LogP contribution in [0.1, 0.15) is 27.7 Å². The SMILES string of the molecule is CC(C)CN(C(=O)C(C)C)c1nnc(-c2ccncc2)s1. The lowest BCUT2D eigenvalue weighted by atomic mass is 10.1. The van der Waals surface area contributed by atoms with Crippen molar-refractivity contribution >= 4 is 22.4 Å². The fourth-order valence-corrected chi connectivity index (χ4v) is 2.74. The lowest BCUT2D eigenvalue weighted by molar-refractivity contribution is -0.121. The summed E-state index contributed by atoms with van der Waals surface area (Å²) in [7, 11) is 0. The smallest absolute Gasteiger partial charge is 0.231 e. The van der Waals surface area contributed by atoms with Crippen LogP contribution in [0, 0.1) is 11.8 Å². The Morgan fingerprint density at radius 1 is 1.19 bits per heavy atom. The van der Waals surface area contributed by atoms with Gasteiger partial charge >= 0.3 is 0 Å². The van der Waals surface area contributed by atoms with E-state index in [1.54, 1.807) is 17.3 Å². The Bertz CT molecular complexity index is 595. The Balaban J connectivity index is 2.29. The normalized spacial score (nSPS) is 11.1. The molecular formula is C15H20N4OS. The molecule has 0 unspecified atom stereocenters. The molecule has 0 aliphatic heterocycles. The molecule has 0 spiro atoms. The number of carbonyl (C=O) groups excluding carboxylic acids is 1. The summed E-state index contributed by atoms with van der Waals surface area (Å²) in [6, 6.07) is 3.78. The van der Waals surface area contributed by atoms with Crippen molar-refractivity contribution in [3.63, 3.8) is 0 Å². The van der Waals surface area contributed by atoms with Crippen molar-refractivity contribution in [3.8, 4) is 10.6 Å². The van der Waals surface area contributed by atoms with Crippen LogP contribution < -0.4 is 4.90 Å². The van der Waals surface area contributed by atoms with E-state index < -0.39 is 0 Å². The molecule has 2 aromatic rings. The van der Waals surface area contributed by atoms with Crippen LogP contribution >= 0.6 is 11.3 Å². The Hall–Kier alpha value is -1.82. The van der Waals surface area contributed by atoms with E-state index in [-0.39, 0.29) is 11.8 Å². The summed E-state index contributed by atoms with van der Waals surface area (Å²) in [6.45, 7) is 8.64. The maximum absolute atomic E-state index is 12.4. The third-order valence-corrected chi connectivity index (χ3v) is 3.88. The molecule has 0 aromatic carbocycles. The molecule has 0 saturated heterocycles. The lowest BCUT2D eigenvalue weighted by Crippen LogP contribution is -2.37. The van der Waals surface area contributed by atoms with Gasteiger partial charge in [0.1, 0.15) is 5.01 Å². The average Bonchev–Trinajstić information content (AvgIpc) is 2.94. The van der Waals surface area contributed by atoms with Gasteiger partial charge in [-0.15, -0.1) is 10.2 Å². The molecule has 0 bridgehead atoms. The van der Waals surface area contributed by atoms with E-state index in [4.69, 9.17) is 0 Å². The molecule has 2 heterocycles. The summed E-state index contributed by atoms with van der Waals surface area (Å²) in [5.41, 5.74) is 0.968. The summed E-state index contributed by atoms with van der Waals surface area (Å²) in [6.07, 6.45) is 3.45. The zero-order valence-electron chi connectivity index (χ0n) is 12.8. The molecule has 0 aliphatic rings. The Morgan fingerprint density at radius 3 is 2.43 bits per heavy atom. The molecule has 112 valence electrons. The minimum Gasteiger partial charge on any atom is -0.286 e. The summed E-state index contributed by atoms with van der Waals surface area (Å²) in [5, 5.41) is 9.87. The number of carbonyl (C=O) groups is 1. The van der Waals surface area contributed by atoms with Gasteiger partial charge in [0.25, 0.3) is 0 Å². The third-order valence-electron chi connectivity index (χ3n) is 2.88. The maximum Gasteiger partial charge on any atom is 0.231 e. The number of rotatable bonds is 5. The number of aromatic nitrogens is 3. The van der Waals surface area contributed by atoms with Crippen LogP contribution in [0.4, 0.5) is 5.13 Å². The first-order valence-corrected chi connectivity index (χ1v) is 7.86. The van der Waals surface area contributed by atoms with Crippen molar-refractivity contribution in [2.75, 3.05) is 11.4 Å². The molecular weight excluding hydrogens is 284 g/mol. The quantitative estimate of drug-likeness (QED) is 0.851. The third kappa shape index (κ3) is 3.85. The van der Waals surface area contributed by atoms with Crippen molar-refractivity contribution in [2.24, 2.45) is 11.8 Å². The molecule has 0 saturated carbocycles. The molecule has 0 radical (unpaired) electrons. The van der Waals surface area contributed by atoms with E-state index >= 15 is 0 Å². The van der Waals surface area contributed by atoms with Gasteiger partial charge in [0.05, 0.1) is 0 Å². The molecule has 0 fully saturated rings. The summed E-state index contributed by atoms with van der Waals surface area (Å²) < 4.78 is 0. The first-order valence-electron chi connectivity index (χ1n) is 7.04. The monoisotopic (exact) mass is 304 g/mol. The summed E-state index contributed by atoms with van der Waals surface area (Å²) in [5.74, 6) is 0.402. The topological polar surface area (TPSA) is 59.0 Å². The minimum absolute atomic E-state index is 0.0583. The second-order valence-electron chi connectivity index (χ2n) is 5.62. The van der Waals surface area contributed by atoms with Crippen molar-refractivity contribution in [1.29, 1.82) is 0 Å². The molecule has 5 nitrogen and oxygen atoms in total. The lowest BCUT2D eigenvalue weighted by Gasteiger charge is -2.23. The molecule has 0 N–H and O–H groups in total. The van der Waals surface area contributed by atoms with Crippen LogP contribution in [0.25, 0.3) is 10.6 Å². The van der Waals surface area contributed by atoms with Gasteiger partial charge in [0, 0.05) is 30.4 Å². The zero-order valence-corrected chi connectivity index (χ0v) is 13.6. The fraction of sp³-hybridized carbons (Fsp3) is 0.467. The fourth-order valence-electron chi connectivity index (χ4n) is 1.87. The first-order chi connectivity index (χ1) is 9.99. The van der Waals surface area contributed by atoms with E-state index in [2.05, 4.69) is 29.0 Å². The number of anilines is 1. The number of amides is 1. The molecule has 0 aliphatic carbocycles. The highest BCUT2D eigenvalue weighted by Crippen LogP contribution is 2.29. The Kier molecular flexibility index (Phi) is 5.01. The zero-order chi connectivity index (χ0) is 15.4. The predicted octanol–water partition coefficient (Wildman–Crippen LogP) is 3.25. The van der Waals surface area contributed by atoms with Crippen molar-refractivity contribution < 1.29 is 4.79 Å². The standard InChI is InChI=1S/C15H20N4OS/c1-10(2)9-19(14(20)11(3)4)15-18-17-13(21-15)12-5-7-16-8-6-12/h5-8,10-11H,9H2,1-4H3. The van der Waals surface area contributed by atoms with Gasteiger partial charge in [-0.3, -0.25) is 14.7 Å². The van der Waals surface area contributed by atoms with Crippen LogP contribution in [0.3, 0.4) is 0 Å². The van der Waals surface area contributed by atoms with Gasteiger partial charge in [0.15, 0.2) is 0 Å². The maximum atomic E-state index is 12.4. The van der Waals surface area contributed by atoms with Crippen LogP contribution in [-0.2, 0) is 4.79 Å². The van der Waals surface area contributed by atoms with Crippen molar-refractivity contribution in [2.45, 2.75) is 27.7 Å². The second kappa shape index (κ2) is 6.76. The first kappa shape index (κ1) is 15.6. The number of nitrogens with zero attached hydrogens (tertiary/aromatic N) is 4. The molecule has 21 heavy (non-hydrogen) atoms. The largest absolute Gasteiger partial charge is 0.286 e. The molecule has 6 heteroatoms. The van der Waals surface area contributed by atoms with Gasteiger partial charge in [0.2, 0.25) is 11.0 Å². The molecule has 0 atom stereocenters. The van der Waals surface area contributed by atoms with Crippen LogP contribution in [0.2, 0.25) is 0 Å². The summed E-state index contributed by atoms with van der Waals surface area (Å²) >= 11 is 1.44. The predicted molar refractivity (Wildman–Crippen MR) is 85.2 cm³/mol. The van der Waals surface area contributed by atoms with E-state index in [0.29, 0.717) is 17.6 Å². The van der Waals surface area contributed by atoms with Gasteiger partial charge in [-0.05, 0) is 18.1 Å².